The van der Waals surface area contributed by atoms with Gasteiger partial charge in [-0.15, -0.1) is 0 Å². The maximum atomic E-state index is 12.9. The van der Waals surface area contributed by atoms with Gasteiger partial charge >= 0.3 is 0 Å². The number of hydrogen-bond acceptors (Lipinski definition) is 2. The first-order valence-corrected chi connectivity index (χ1v) is 6.68. The molecular formula is C16H25FO2. The molecule has 108 valence electrons. The average molecular weight is 268 g/mol. The van der Waals surface area contributed by atoms with Crippen LogP contribution in [0.3, 0.4) is 0 Å². The number of benzene rings is 1. The molecule has 0 saturated heterocycles. The number of rotatable bonds is 6. The molecule has 0 aliphatic rings. The lowest BCUT2D eigenvalue weighted by molar-refractivity contribution is -0.00543. The maximum absolute atomic E-state index is 12.9. The van der Waals surface area contributed by atoms with Gasteiger partial charge in [0.15, 0.2) is 0 Å². The summed E-state index contributed by atoms with van der Waals surface area (Å²) < 4.78 is 18.3. The Balaban J connectivity index is 2.74. The lowest BCUT2D eigenvalue weighted by Crippen LogP contribution is -2.35. The van der Waals surface area contributed by atoms with Crippen molar-refractivity contribution < 1.29 is 14.2 Å². The van der Waals surface area contributed by atoms with Crippen molar-refractivity contribution in [1.82, 2.24) is 0 Å². The zero-order valence-electron chi connectivity index (χ0n) is 12.5. The van der Waals surface area contributed by atoms with E-state index >= 15 is 0 Å². The minimum absolute atomic E-state index is 0.236. The zero-order chi connectivity index (χ0) is 14.7. The molecule has 0 aliphatic carbocycles. The minimum Gasteiger partial charge on any atom is -0.392 e. The van der Waals surface area contributed by atoms with E-state index in [0.717, 1.165) is 12.0 Å². The molecule has 19 heavy (non-hydrogen) atoms. The number of halogens is 1. The third-order valence-corrected chi connectivity index (χ3v) is 3.99. The minimum atomic E-state index is -0.493. The first kappa shape index (κ1) is 16.1. The Morgan fingerprint density at radius 2 is 1.68 bits per heavy atom. The highest BCUT2D eigenvalue weighted by atomic mass is 19.1. The van der Waals surface area contributed by atoms with Crippen molar-refractivity contribution in [3.05, 3.63) is 35.6 Å². The Kier molecular flexibility index (Phi) is 5.11. The Morgan fingerprint density at radius 1 is 1.16 bits per heavy atom. The van der Waals surface area contributed by atoms with Crippen molar-refractivity contribution in [3.8, 4) is 0 Å². The maximum Gasteiger partial charge on any atom is 0.123 e. The standard InChI is InChI=1S/C16H25FO2/c1-15(2,19-5)11-10-14(18)16(3,4)12-6-8-13(17)9-7-12/h6-9,14,18H,10-11H2,1-5H3. The summed E-state index contributed by atoms with van der Waals surface area (Å²) in [4.78, 5) is 0. The first-order chi connectivity index (χ1) is 8.69. The molecule has 1 rings (SSSR count). The average Bonchev–Trinajstić information content (AvgIpc) is 2.36. The van der Waals surface area contributed by atoms with Crippen LogP contribution in [0.5, 0.6) is 0 Å². The fourth-order valence-corrected chi connectivity index (χ4v) is 2.02. The predicted octanol–water partition coefficient (Wildman–Crippen LogP) is 3.67. The monoisotopic (exact) mass is 268 g/mol. The fraction of sp³-hybridized carbons (Fsp3) is 0.625. The molecule has 1 aromatic rings. The Labute approximate surface area is 115 Å². The van der Waals surface area contributed by atoms with Gasteiger partial charge in [0.2, 0.25) is 0 Å². The number of aliphatic hydroxyl groups excluding tert-OH is 1. The molecule has 0 aromatic heterocycles. The predicted molar refractivity (Wildman–Crippen MR) is 75.8 cm³/mol. The van der Waals surface area contributed by atoms with E-state index in [1.54, 1.807) is 19.2 Å². The van der Waals surface area contributed by atoms with Crippen molar-refractivity contribution in [1.29, 1.82) is 0 Å². The number of ether oxygens (including phenoxy) is 1. The van der Waals surface area contributed by atoms with E-state index in [4.69, 9.17) is 4.74 Å². The van der Waals surface area contributed by atoms with Crippen molar-refractivity contribution >= 4 is 0 Å². The van der Waals surface area contributed by atoms with Gasteiger partial charge in [0.05, 0.1) is 11.7 Å². The zero-order valence-corrected chi connectivity index (χ0v) is 12.5. The van der Waals surface area contributed by atoms with Crippen LogP contribution in [0, 0.1) is 5.82 Å². The Bertz CT molecular complexity index is 396. The molecule has 0 aliphatic heterocycles. The van der Waals surface area contributed by atoms with E-state index in [1.807, 2.05) is 27.7 Å². The molecule has 3 heteroatoms. The second-order valence-electron chi connectivity index (χ2n) is 6.25. The molecule has 0 saturated carbocycles. The van der Waals surface area contributed by atoms with E-state index in [0.29, 0.717) is 6.42 Å². The molecule has 0 fully saturated rings. The smallest absolute Gasteiger partial charge is 0.123 e. The van der Waals surface area contributed by atoms with Gasteiger partial charge in [-0.05, 0) is 44.4 Å². The van der Waals surface area contributed by atoms with Crippen molar-refractivity contribution in [2.45, 2.75) is 57.7 Å². The first-order valence-electron chi connectivity index (χ1n) is 6.68. The highest BCUT2D eigenvalue weighted by molar-refractivity contribution is 5.25. The molecule has 0 radical (unpaired) electrons. The van der Waals surface area contributed by atoms with Crippen LogP contribution < -0.4 is 0 Å². The summed E-state index contributed by atoms with van der Waals surface area (Å²) in [6.45, 7) is 7.96. The van der Waals surface area contributed by atoms with Gasteiger partial charge in [-0.2, -0.15) is 0 Å². The van der Waals surface area contributed by atoms with Crippen molar-refractivity contribution in [2.24, 2.45) is 0 Å². The largest absolute Gasteiger partial charge is 0.392 e. The van der Waals surface area contributed by atoms with Crippen LogP contribution in [-0.4, -0.2) is 23.9 Å². The van der Waals surface area contributed by atoms with Gasteiger partial charge in [0.1, 0.15) is 5.82 Å². The lowest BCUT2D eigenvalue weighted by Gasteiger charge is -2.33. The van der Waals surface area contributed by atoms with Gasteiger partial charge < -0.3 is 9.84 Å². The molecule has 0 heterocycles. The molecule has 0 bridgehead atoms. The molecule has 0 spiro atoms. The highest BCUT2D eigenvalue weighted by Gasteiger charge is 2.31. The summed E-state index contributed by atoms with van der Waals surface area (Å²) in [7, 11) is 1.68. The second-order valence-corrected chi connectivity index (χ2v) is 6.25. The van der Waals surface area contributed by atoms with Crippen LogP contribution >= 0.6 is 0 Å². The van der Waals surface area contributed by atoms with E-state index in [9.17, 15) is 9.50 Å². The number of hydrogen-bond donors (Lipinski definition) is 1. The summed E-state index contributed by atoms with van der Waals surface area (Å²) in [6, 6.07) is 6.34. The quantitative estimate of drug-likeness (QED) is 0.853. The molecule has 2 nitrogen and oxygen atoms in total. The van der Waals surface area contributed by atoms with Gasteiger partial charge in [0, 0.05) is 12.5 Å². The van der Waals surface area contributed by atoms with Crippen LogP contribution in [0.15, 0.2) is 24.3 Å². The summed E-state index contributed by atoms with van der Waals surface area (Å²) >= 11 is 0. The van der Waals surface area contributed by atoms with Crippen LogP contribution in [0.25, 0.3) is 0 Å². The van der Waals surface area contributed by atoms with Gasteiger partial charge in [0.25, 0.3) is 0 Å². The molecule has 1 N–H and O–H groups in total. The summed E-state index contributed by atoms with van der Waals surface area (Å²) in [5.74, 6) is -0.255. The molecule has 0 amide bonds. The van der Waals surface area contributed by atoms with E-state index in [1.165, 1.54) is 12.1 Å². The Hall–Kier alpha value is -0.930. The van der Waals surface area contributed by atoms with Gasteiger partial charge in [-0.3, -0.25) is 0 Å². The van der Waals surface area contributed by atoms with Crippen molar-refractivity contribution in [3.63, 3.8) is 0 Å². The normalized spacial score (nSPS) is 14.5. The second kappa shape index (κ2) is 6.02. The van der Waals surface area contributed by atoms with Crippen molar-refractivity contribution in [2.75, 3.05) is 7.11 Å². The third kappa shape index (κ3) is 4.29. The molecule has 1 unspecified atom stereocenters. The van der Waals surface area contributed by atoms with Crippen LogP contribution in [0.4, 0.5) is 4.39 Å². The van der Waals surface area contributed by atoms with Gasteiger partial charge in [-0.25, -0.2) is 4.39 Å². The molecule has 1 atom stereocenters. The SMILES string of the molecule is COC(C)(C)CCC(O)C(C)(C)c1ccc(F)cc1. The summed E-state index contributed by atoms with van der Waals surface area (Å²) in [5.41, 5.74) is 0.300. The summed E-state index contributed by atoms with van der Waals surface area (Å²) in [6.07, 6.45) is 0.924. The lowest BCUT2D eigenvalue weighted by atomic mass is 9.77. The highest BCUT2D eigenvalue weighted by Crippen LogP contribution is 2.31. The number of methoxy groups -OCH3 is 1. The van der Waals surface area contributed by atoms with E-state index in [-0.39, 0.29) is 11.4 Å². The Morgan fingerprint density at radius 3 is 2.16 bits per heavy atom. The van der Waals surface area contributed by atoms with Gasteiger partial charge in [-0.1, -0.05) is 26.0 Å². The number of aliphatic hydroxyl groups is 1. The van der Waals surface area contributed by atoms with Crippen LogP contribution in [0.1, 0.15) is 46.1 Å². The van der Waals surface area contributed by atoms with Crippen LogP contribution in [-0.2, 0) is 10.2 Å². The topological polar surface area (TPSA) is 29.5 Å². The van der Waals surface area contributed by atoms with Crippen LogP contribution in [0.2, 0.25) is 0 Å². The van der Waals surface area contributed by atoms with E-state index in [2.05, 4.69) is 0 Å². The van der Waals surface area contributed by atoms with E-state index < -0.39 is 11.5 Å². The molecule has 1 aromatic carbocycles. The summed E-state index contributed by atoms with van der Waals surface area (Å²) in [5, 5.41) is 10.4. The third-order valence-electron chi connectivity index (χ3n) is 3.99. The fourth-order valence-electron chi connectivity index (χ4n) is 2.02. The molecular weight excluding hydrogens is 243 g/mol.